The SMILES string of the molecule is CCCCCCCCCCCCCCCCOC(=O)C[N+](C)(C)CCSCC[N+](C)(C)CC(=O)OCCCCCCCCCCCCCCCC. The molecule has 0 aromatic carbocycles. The van der Waals surface area contributed by atoms with Gasteiger partial charge in [-0.15, -0.1) is 0 Å². The van der Waals surface area contributed by atoms with E-state index in [-0.39, 0.29) is 11.9 Å². The summed E-state index contributed by atoms with van der Waals surface area (Å²) >= 11 is 1.90. The summed E-state index contributed by atoms with van der Waals surface area (Å²) in [5.74, 6) is 1.82. The number of hydrogen-bond acceptors (Lipinski definition) is 5. The maximum atomic E-state index is 12.4. The average Bonchev–Trinajstić information content (AvgIpc) is 3.07. The van der Waals surface area contributed by atoms with Crippen LogP contribution in [-0.4, -0.2) is 100.0 Å². The summed E-state index contributed by atoms with van der Waals surface area (Å²) < 4.78 is 12.4. The number of nitrogens with zero attached hydrogens (tertiary/aromatic N) is 2. The van der Waals surface area contributed by atoms with E-state index in [0.29, 0.717) is 35.3 Å². The Morgan fingerprint density at radius 2 is 0.627 bits per heavy atom. The molecule has 0 spiro atoms. The Balaban J connectivity index is 3.67. The quantitative estimate of drug-likeness (QED) is 0.0355. The van der Waals surface area contributed by atoms with Crippen molar-refractivity contribution in [3.8, 4) is 0 Å². The summed E-state index contributed by atoms with van der Waals surface area (Å²) in [5.41, 5.74) is 0. The van der Waals surface area contributed by atoms with Gasteiger partial charge in [0.25, 0.3) is 0 Å². The number of rotatable bonds is 40. The summed E-state index contributed by atoms with van der Waals surface area (Å²) in [6.45, 7) is 8.37. The average molecular weight is 743 g/mol. The number of quaternary nitrogens is 2. The van der Waals surface area contributed by atoms with E-state index in [2.05, 4.69) is 42.0 Å². The third-order valence-electron chi connectivity index (χ3n) is 10.3. The molecule has 0 heterocycles. The molecule has 51 heavy (non-hydrogen) atoms. The number of likely N-dealkylation sites (N-methyl/N-ethyl adjacent to an activating group) is 2. The van der Waals surface area contributed by atoms with Gasteiger partial charge in [0.2, 0.25) is 0 Å². The van der Waals surface area contributed by atoms with E-state index in [9.17, 15) is 9.59 Å². The lowest BCUT2D eigenvalue weighted by Gasteiger charge is -2.30. The zero-order chi connectivity index (χ0) is 37.7. The summed E-state index contributed by atoms with van der Waals surface area (Å²) in [6.07, 6.45) is 37.3. The van der Waals surface area contributed by atoms with E-state index in [1.165, 1.54) is 154 Å². The fraction of sp³-hybridized carbons (Fsp3) is 0.955. The lowest BCUT2D eigenvalue weighted by atomic mass is 10.0. The van der Waals surface area contributed by atoms with Crippen molar-refractivity contribution in [1.82, 2.24) is 0 Å². The van der Waals surface area contributed by atoms with Crippen LogP contribution < -0.4 is 0 Å². The normalized spacial score (nSPS) is 12.0. The first-order valence-electron chi connectivity index (χ1n) is 22.1. The molecule has 304 valence electrons. The monoisotopic (exact) mass is 743 g/mol. The van der Waals surface area contributed by atoms with Crippen LogP contribution in [0.4, 0.5) is 0 Å². The standard InChI is InChI=1S/C44H90N2O4S/c1-7-9-11-13-15-17-19-21-23-25-27-29-31-33-37-49-43(47)41-45(3,4)35-39-51-40-36-46(5,6)42-44(48)50-38-34-32-30-28-26-24-22-20-18-16-14-12-10-8-2/h7-42H2,1-6H3/q+2. The van der Waals surface area contributed by atoms with Crippen LogP contribution >= 0.6 is 11.8 Å². The van der Waals surface area contributed by atoms with Gasteiger partial charge in [-0.2, -0.15) is 11.8 Å². The first-order valence-corrected chi connectivity index (χ1v) is 23.3. The van der Waals surface area contributed by atoms with Crippen molar-refractivity contribution in [1.29, 1.82) is 0 Å². The van der Waals surface area contributed by atoms with Gasteiger partial charge in [0.05, 0.1) is 54.5 Å². The number of carbonyl (C=O) groups excluding carboxylic acids is 2. The van der Waals surface area contributed by atoms with Crippen LogP contribution in [0.3, 0.4) is 0 Å². The molecular weight excluding hydrogens is 653 g/mol. The van der Waals surface area contributed by atoms with Crippen molar-refractivity contribution in [2.75, 3.05) is 79.1 Å². The highest BCUT2D eigenvalue weighted by Crippen LogP contribution is 2.15. The molecule has 0 fully saturated rings. The maximum Gasteiger partial charge on any atom is 0.361 e. The minimum Gasteiger partial charge on any atom is -0.462 e. The van der Waals surface area contributed by atoms with E-state index >= 15 is 0 Å². The molecule has 0 amide bonds. The summed E-state index contributed by atoms with van der Waals surface area (Å²) in [6, 6.07) is 0. The molecule has 0 aliphatic carbocycles. The van der Waals surface area contributed by atoms with Crippen molar-refractivity contribution < 1.29 is 28.0 Å². The predicted molar refractivity (Wildman–Crippen MR) is 224 cm³/mol. The van der Waals surface area contributed by atoms with E-state index in [1.807, 2.05) is 11.8 Å². The molecule has 0 N–H and O–H groups in total. The van der Waals surface area contributed by atoms with Crippen LogP contribution in [0.5, 0.6) is 0 Å². The van der Waals surface area contributed by atoms with E-state index in [1.54, 1.807) is 0 Å². The molecule has 0 bridgehead atoms. The largest absolute Gasteiger partial charge is 0.462 e. The number of unbranched alkanes of at least 4 members (excludes halogenated alkanes) is 26. The molecule has 7 heteroatoms. The zero-order valence-corrected chi connectivity index (χ0v) is 36.2. The molecule has 0 rings (SSSR count). The fourth-order valence-corrected chi connectivity index (χ4v) is 8.09. The maximum absolute atomic E-state index is 12.4. The lowest BCUT2D eigenvalue weighted by molar-refractivity contribution is -0.881. The number of hydrogen-bond donors (Lipinski definition) is 0. The highest BCUT2D eigenvalue weighted by molar-refractivity contribution is 7.99. The van der Waals surface area contributed by atoms with Crippen molar-refractivity contribution in [2.24, 2.45) is 0 Å². The molecule has 0 aromatic heterocycles. The molecule has 0 saturated heterocycles. The van der Waals surface area contributed by atoms with Crippen molar-refractivity contribution >= 4 is 23.7 Å². The lowest BCUT2D eigenvalue weighted by Crippen LogP contribution is -2.47. The van der Waals surface area contributed by atoms with Gasteiger partial charge >= 0.3 is 11.9 Å². The van der Waals surface area contributed by atoms with Gasteiger partial charge in [0, 0.05) is 11.5 Å². The van der Waals surface area contributed by atoms with Crippen LogP contribution in [0, 0.1) is 0 Å². The van der Waals surface area contributed by atoms with Crippen LogP contribution in [0.15, 0.2) is 0 Å². The third-order valence-corrected chi connectivity index (χ3v) is 11.3. The Bertz CT molecular complexity index is 714. The van der Waals surface area contributed by atoms with Gasteiger partial charge in [-0.05, 0) is 12.8 Å². The summed E-state index contributed by atoms with van der Waals surface area (Å²) in [7, 11) is 8.45. The third kappa shape index (κ3) is 38.7. The molecule has 0 aliphatic heterocycles. The minimum atomic E-state index is -0.0786. The second-order valence-electron chi connectivity index (χ2n) is 16.9. The van der Waals surface area contributed by atoms with Gasteiger partial charge in [0.15, 0.2) is 13.1 Å². The highest BCUT2D eigenvalue weighted by Gasteiger charge is 2.23. The van der Waals surface area contributed by atoms with Gasteiger partial charge in [-0.1, -0.05) is 181 Å². The number of ether oxygens (including phenoxy) is 2. The molecular formula is C44H90N2O4S+2. The molecule has 0 aliphatic rings. The van der Waals surface area contributed by atoms with Crippen molar-refractivity contribution in [2.45, 2.75) is 194 Å². The highest BCUT2D eigenvalue weighted by atomic mass is 32.2. The minimum absolute atomic E-state index is 0.0786. The second-order valence-corrected chi connectivity index (χ2v) is 18.1. The van der Waals surface area contributed by atoms with Crippen molar-refractivity contribution in [3.05, 3.63) is 0 Å². The number of thioether (sulfide) groups is 1. The molecule has 6 nitrogen and oxygen atoms in total. The Labute approximate surface area is 323 Å². The van der Waals surface area contributed by atoms with Gasteiger partial charge in [-0.25, -0.2) is 9.59 Å². The van der Waals surface area contributed by atoms with Crippen LogP contribution in [-0.2, 0) is 19.1 Å². The van der Waals surface area contributed by atoms with Crippen LogP contribution in [0.1, 0.15) is 194 Å². The van der Waals surface area contributed by atoms with Crippen LogP contribution in [0.25, 0.3) is 0 Å². The molecule has 0 unspecified atom stereocenters. The fourth-order valence-electron chi connectivity index (χ4n) is 6.64. The second kappa shape index (κ2) is 36.2. The Morgan fingerprint density at radius 3 is 0.882 bits per heavy atom. The first-order chi connectivity index (χ1) is 24.6. The summed E-state index contributed by atoms with van der Waals surface area (Å²) in [4.78, 5) is 24.9. The number of esters is 2. The zero-order valence-electron chi connectivity index (χ0n) is 35.4. The van der Waals surface area contributed by atoms with Gasteiger partial charge < -0.3 is 18.4 Å². The van der Waals surface area contributed by atoms with Crippen LogP contribution in [0.2, 0.25) is 0 Å². The number of carbonyl (C=O) groups is 2. The Hall–Kier alpha value is -0.790. The molecule has 0 atom stereocenters. The molecule has 0 saturated carbocycles. The van der Waals surface area contributed by atoms with Gasteiger partial charge in [-0.3, -0.25) is 0 Å². The summed E-state index contributed by atoms with van der Waals surface area (Å²) in [5, 5.41) is 0. The smallest absolute Gasteiger partial charge is 0.361 e. The van der Waals surface area contributed by atoms with E-state index in [4.69, 9.17) is 9.47 Å². The Morgan fingerprint density at radius 1 is 0.392 bits per heavy atom. The van der Waals surface area contributed by atoms with Gasteiger partial charge in [0.1, 0.15) is 0 Å². The molecule has 0 aromatic rings. The van der Waals surface area contributed by atoms with E-state index in [0.717, 1.165) is 50.3 Å². The topological polar surface area (TPSA) is 52.6 Å². The van der Waals surface area contributed by atoms with E-state index < -0.39 is 0 Å². The molecule has 0 radical (unpaired) electrons. The predicted octanol–water partition coefficient (Wildman–Crippen LogP) is 11.9. The first kappa shape index (κ1) is 50.2. The Kier molecular flexibility index (Phi) is 35.6. The van der Waals surface area contributed by atoms with Crippen molar-refractivity contribution in [3.63, 3.8) is 0 Å².